The van der Waals surface area contributed by atoms with Crippen molar-refractivity contribution < 1.29 is 8.78 Å². The molecular formula is C8H9F2N3O. The molecule has 4 nitrogen and oxygen atoms in total. The van der Waals surface area contributed by atoms with Gasteiger partial charge in [0.05, 0.1) is 12.9 Å². The third-order valence-corrected chi connectivity index (χ3v) is 2.16. The van der Waals surface area contributed by atoms with Gasteiger partial charge in [-0.3, -0.25) is 4.79 Å². The fraction of sp³-hybridized carbons (Fsp3) is 0.500. The number of rotatable bonds is 1. The zero-order valence-electron chi connectivity index (χ0n) is 7.33. The Hall–Kier alpha value is -1.46. The number of anilines is 1. The number of nitrogens with one attached hydrogen (secondary N) is 1. The van der Waals surface area contributed by atoms with E-state index in [0.717, 1.165) is 0 Å². The van der Waals surface area contributed by atoms with Crippen LogP contribution in [0.15, 0.2) is 17.2 Å². The van der Waals surface area contributed by atoms with Gasteiger partial charge in [0.25, 0.3) is 11.5 Å². The topological polar surface area (TPSA) is 49.0 Å². The predicted octanol–water partition coefficient (Wildman–Crippen LogP) is 0.615. The van der Waals surface area contributed by atoms with Crippen LogP contribution < -0.4 is 10.5 Å². The third-order valence-electron chi connectivity index (χ3n) is 2.16. The fourth-order valence-electron chi connectivity index (χ4n) is 1.46. The highest BCUT2D eigenvalue weighted by Crippen LogP contribution is 2.28. The van der Waals surface area contributed by atoms with E-state index in [4.69, 9.17) is 0 Å². The molecule has 6 heteroatoms. The van der Waals surface area contributed by atoms with E-state index in [-0.39, 0.29) is 25.1 Å². The van der Waals surface area contributed by atoms with Gasteiger partial charge in [-0.1, -0.05) is 0 Å². The minimum Gasteiger partial charge on any atom is -0.350 e. The van der Waals surface area contributed by atoms with Gasteiger partial charge < -0.3 is 9.88 Å². The van der Waals surface area contributed by atoms with Crippen molar-refractivity contribution in [2.24, 2.45) is 0 Å². The first-order valence-electron chi connectivity index (χ1n) is 4.24. The number of nitrogens with zero attached hydrogens (tertiary/aromatic N) is 2. The first-order valence-corrected chi connectivity index (χ1v) is 4.24. The number of aromatic nitrogens is 2. The van der Waals surface area contributed by atoms with Crippen LogP contribution in [-0.2, 0) is 0 Å². The molecular weight excluding hydrogens is 192 g/mol. The summed E-state index contributed by atoms with van der Waals surface area (Å²) in [5, 5.41) is 0. The Morgan fingerprint density at radius 1 is 1.57 bits per heavy atom. The van der Waals surface area contributed by atoms with E-state index in [0.29, 0.717) is 5.82 Å². The molecule has 1 saturated heterocycles. The molecule has 0 amide bonds. The van der Waals surface area contributed by atoms with Gasteiger partial charge in [0, 0.05) is 19.0 Å². The first kappa shape index (κ1) is 9.11. The van der Waals surface area contributed by atoms with Crippen LogP contribution >= 0.6 is 0 Å². The predicted molar refractivity (Wildman–Crippen MR) is 46.6 cm³/mol. The SMILES string of the molecule is O=c1cc(N2CCC(F)(F)C2)nc[nH]1. The van der Waals surface area contributed by atoms with E-state index in [9.17, 15) is 13.6 Å². The Kier molecular flexibility index (Phi) is 1.98. The van der Waals surface area contributed by atoms with Crippen molar-refractivity contribution >= 4 is 5.82 Å². The molecule has 1 aromatic heterocycles. The van der Waals surface area contributed by atoms with Gasteiger partial charge in [0.2, 0.25) is 0 Å². The van der Waals surface area contributed by atoms with Gasteiger partial charge in [0.1, 0.15) is 5.82 Å². The van der Waals surface area contributed by atoms with Crippen molar-refractivity contribution in [3.8, 4) is 0 Å². The second-order valence-corrected chi connectivity index (χ2v) is 3.30. The maximum atomic E-state index is 12.8. The van der Waals surface area contributed by atoms with Crippen LogP contribution in [0, 0.1) is 0 Å². The van der Waals surface area contributed by atoms with Crippen molar-refractivity contribution in [2.45, 2.75) is 12.3 Å². The van der Waals surface area contributed by atoms with Crippen molar-refractivity contribution in [3.63, 3.8) is 0 Å². The summed E-state index contributed by atoms with van der Waals surface area (Å²) in [6, 6.07) is 1.22. The Labute approximate surface area is 78.6 Å². The van der Waals surface area contributed by atoms with Crippen LogP contribution in [0.4, 0.5) is 14.6 Å². The molecule has 0 saturated carbocycles. The van der Waals surface area contributed by atoms with E-state index >= 15 is 0 Å². The van der Waals surface area contributed by atoms with Gasteiger partial charge in [-0.25, -0.2) is 13.8 Å². The van der Waals surface area contributed by atoms with Gasteiger partial charge >= 0.3 is 0 Å². The molecule has 1 N–H and O–H groups in total. The largest absolute Gasteiger partial charge is 0.350 e. The molecule has 0 aromatic carbocycles. The maximum Gasteiger partial charge on any atom is 0.266 e. The summed E-state index contributed by atoms with van der Waals surface area (Å²) < 4.78 is 25.7. The Morgan fingerprint density at radius 2 is 2.36 bits per heavy atom. The average Bonchev–Trinajstić information content (AvgIpc) is 2.46. The van der Waals surface area contributed by atoms with Crippen LogP contribution in [0.25, 0.3) is 0 Å². The van der Waals surface area contributed by atoms with Crippen molar-refractivity contribution in [1.82, 2.24) is 9.97 Å². The quantitative estimate of drug-likeness (QED) is 0.724. The van der Waals surface area contributed by atoms with Crippen LogP contribution in [0.2, 0.25) is 0 Å². The molecule has 1 aliphatic heterocycles. The number of aromatic amines is 1. The van der Waals surface area contributed by atoms with Crippen LogP contribution in [0.5, 0.6) is 0 Å². The molecule has 0 unspecified atom stereocenters. The molecule has 1 aromatic rings. The van der Waals surface area contributed by atoms with Crippen LogP contribution in [-0.4, -0.2) is 29.0 Å². The average molecular weight is 201 g/mol. The minimum atomic E-state index is -2.66. The summed E-state index contributed by atoms with van der Waals surface area (Å²) in [5.74, 6) is -2.35. The van der Waals surface area contributed by atoms with E-state index in [1.165, 1.54) is 17.3 Å². The minimum absolute atomic E-state index is 0.179. The fourth-order valence-corrected chi connectivity index (χ4v) is 1.46. The third kappa shape index (κ3) is 1.73. The number of alkyl halides is 2. The standard InChI is InChI=1S/C8H9F2N3O/c9-8(10)1-2-13(4-8)6-3-7(14)12-5-11-6/h3,5H,1-2,4H2,(H,11,12,14). The second kappa shape index (κ2) is 3.04. The van der Waals surface area contributed by atoms with E-state index in [1.54, 1.807) is 0 Å². The Bertz CT molecular complexity index is 390. The highest BCUT2D eigenvalue weighted by atomic mass is 19.3. The number of halogens is 2. The van der Waals surface area contributed by atoms with Crippen LogP contribution in [0.1, 0.15) is 6.42 Å². The highest BCUT2D eigenvalue weighted by Gasteiger charge is 2.38. The lowest BCUT2D eigenvalue weighted by Gasteiger charge is -2.15. The molecule has 2 heterocycles. The summed E-state index contributed by atoms with van der Waals surface area (Å²) >= 11 is 0. The van der Waals surface area contributed by atoms with Crippen molar-refractivity contribution in [3.05, 3.63) is 22.7 Å². The van der Waals surface area contributed by atoms with Crippen LogP contribution in [0.3, 0.4) is 0 Å². The molecule has 0 aliphatic carbocycles. The van der Waals surface area contributed by atoms with Gasteiger partial charge in [-0.05, 0) is 0 Å². The Balaban J connectivity index is 2.22. The van der Waals surface area contributed by atoms with Crippen molar-refractivity contribution in [1.29, 1.82) is 0 Å². The maximum absolute atomic E-state index is 12.8. The zero-order valence-corrected chi connectivity index (χ0v) is 7.33. The Morgan fingerprint density at radius 3 is 2.93 bits per heavy atom. The van der Waals surface area contributed by atoms with E-state index < -0.39 is 5.92 Å². The van der Waals surface area contributed by atoms with E-state index in [2.05, 4.69) is 9.97 Å². The van der Waals surface area contributed by atoms with Gasteiger partial charge in [-0.15, -0.1) is 0 Å². The van der Waals surface area contributed by atoms with Gasteiger partial charge in [0.15, 0.2) is 0 Å². The summed E-state index contributed by atoms with van der Waals surface area (Å²) in [6.07, 6.45) is 1.04. The lowest BCUT2D eigenvalue weighted by atomic mass is 10.3. The lowest BCUT2D eigenvalue weighted by molar-refractivity contribution is 0.0256. The summed E-state index contributed by atoms with van der Waals surface area (Å²) in [5.41, 5.74) is -0.329. The normalized spacial score (nSPS) is 20.0. The van der Waals surface area contributed by atoms with Crippen molar-refractivity contribution in [2.75, 3.05) is 18.0 Å². The monoisotopic (exact) mass is 201 g/mol. The smallest absolute Gasteiger partial charge is 0.266 e. The first-order chi connectivity index (χ1) is 6.57. The number of H-pyrrole nitrogens is 1. The molecule has 0 radical (unpaired) electrons. The molecule has 76 valence electrons. The molecule has 1 fully saturated rings. The summed E-state index contributed by atoms with van der Waals surface area (Å²) in [6.45, 7) is -0.118. The number of hydrogen-bond acceptors (Lipinski definition) is 3. The second-order valence-electron chi connectivity index (χ2n) is 3.30. The molecule has 2 rings (SSSR count). The molecule has 14 heavy (non-hydrogen) atoms. The molecule has 0 atom stereocenters. The highest BCUT2D eigenvalue weighted by molar-refractivity contribution is 5.38. The summed E-state index contributed by atoms with van der Waals surface area (Å²) in [7, 11) is 0. The summed E-state index contributed by atoms with van der Waals surface area (Å²) in [4.78, 5) is 18.5. The lowest BCUT2D eigenvalue weighted by Crippen LogP contribution is -2.26. The number of hydrogen-bond donors (Lipinski definition) is 1. The van der Waals surface area contributed by atoms with E-state index in [1.807, 2.05) is 0 Å². The molecule has 0 bridgehead atoms. The zero-order chi connectivity index (χ0) is 10.2. The van der Waals surface area contributed by atoms with Gasteiger partial charge in [-0.2, -0.15) is 0 Å². The molecule has 1 aliphatic rings. The molecule has 0 spiro atoms.